The van der Waals surface area contributed by atoms with Crippen LogP contribution in [0.1, 0.15) is 56.6 Å². The Morgan fingerprint density at radius 3 is 2.44 bits per heavy atom. The minimum atomic E-state index is 0.848. The van der Waals surface area contributed by atoms with E-state index in [1.807, 2.05) is 0 Å². The second kappa shape index (κ2) is 9.31. The van der Waals surface area contributed by atoms with Crippen LogP contribution in [0, 0.1) is 0 Å². The average molecular weight is 335 g/mol. The maximum Gasteiger partial charge on any atom is 0.0457 e. The second-order valence-electron chi connectivity index (χ2n) is 6.93. The van der Waals surface area contributed by atoms with Crippen molar-refractivity contribution in [1.82, 2.24) is 4.98 Å². The minimum absolute atomic E-state index is 0.848. The van der Waals surface area contributed by atoms with Crippen LogP contribution in [0.2, 0.25) is 0 Å². The molecule has 0 saturated heterocycles. The summed E-state index contributed by atoms with van der Waals surface area (Å²) in [6.07, 6.45) is 11.5. The first-order valence-electron chi connectivity index (χ1n) is 9.74. The number of aromatic nitrogens is 1. The largest absolute Gasteiger partial charge is 0.381 e. The van der Waals surface area contributed by atoms with Crippen LogP contribution in [0.15, 0.2) is 54.7 Å². The highest BCUT2D eigenvalue weighted by molar-refractivity contribution is 5.83. The van der Waals surface area contributed by atoms with E-state index in [0.29, 0.717) is 0 Å². The van der Waals surface area contributed by atoms with Crippen LogP contribution < -0.4 is 5.32 Å². The lowest BCUT2D eigenvalue weighted by atomic mass is 10.0. The van der Waals surface area contributed by atoms with Crippen molar-refractivity contribution in [2.45, 2.75) is 58.4 Å². The molecule has 1 heterocycles. The summed E-state index contributed by atoms with van der Waals surface area (Å²) < 4.78 is 0. The van der Waals surface area contributed by atoms with Gasteiger partial charge in [-0.15, -0.1) is 0 Å². The van der Waals surface area contributed by atoms with Gasteiger partial charge < -0.3 is 10.3 Å². The van der Waals surface area contributed by atoms with Crippen LogP contribution in [0.5, 0.6) is 0 Å². The van der Waals surface area contributed by atoms with Gasteiger partial charge in [0.2, 0.25) is 0 Å². The minimum Gasteiger partial charge on any atom is -0.381 e. The zero-order chi connectivity index (χ0) is 17.3. The van der Waals surface area contributed by atoms with E-state index < -0.39 is 0 Å². The predicted octanol–water partition coefficient (Wildman–Crippen LogP) is 6.68. The zero-order valence-corrected chi connectivity index (χ0v) is 15.4. The SMILES string of the molecule is CCCCCCCCc1ccc(NCc2c[nH]c3ccccc23)cc1. The molecule has 1 aromatic heterocycles. The smallest absolute Gasteiger partial charge is 0.0457 e. The van der Waals surface area contributed by atoms with Gasteiger partial charge in [0.05, 0.1) is 0 Å². The quantitative estimate of drug-likeness (QED) is 0.397. The van der Waals surface area contributed by atoms with E-state index in [2.05, 4.69) is 72.0 Å². The number of unbranched alkanes of at least 4 members (excludes halogenated alkanes) is 5. The van der Waals surface area contributed by atoms with Crippen LogP contribution in [0.3, 0.4) is 0 Å². The molecule has 132 valence electrons. The molecule has 2 N–H and O–H groups in total. The normalized spacial score (nSPS) is 11.1. The van der Waals surface area contributed by atoms with E-state index in [4.69, 9.17) is 0 Å². The molecule has 0 aliphatic carbocycles. The molecular formula is C23H30N2. The molecule has 0 atom stereocenters. The molecule has 0 saturated carbocycles. The van der Waals surface area contributed by atoms with E-state index >= 15 is 0 Å². The molecule has 0 bridgehead atoms. The molecule has 2 heteroatoms. The standard InChI is InChI=1S/C23H30N2/c1-2-3-4-5-6-7-10-19-13-15-21(16-14-19)24-17-20-18-25-23-12-9-8-11-22(20)23/h8-9,11-16,18,24-25H,2-7,10,17H2,1H3. The molecule has 3 rings (SSSR count). The Kier molecular flexibility index (Phi) is 6.55. The predicted molar refractivity (Wildman–Crippen MR) is 109 cm³/mol. The number of H-pyrrole nitrogens is 1. The number of hydrogen-bond donors (Lipinski definition) is 2. The molecule has 3 aromatic rings. The lowest BCUT2D eigenvalue weighted by Crippen LogP contribution is -1.98. The number of fused-ring (bicyclic) bond motifs is 1. The van der Waals surface area contributed by atoms with Crippen LogP contribution in [0.25, 0.3) is 10.9 Å². The summed E-state index contributed by atoms with van der Waals surface area (Å²) in [7, 11) is 0. The van der Waals surface area contributed by atoms with Crippen molar-refractivity contribution in [3.63, 3.8) is 0 Å². The number of rotatable bonds is 10. The second-order valence-corrected chi connectivity index (χ2v) is 6.93. The lowest BCUT2D eigenvalue weighted by Gasteiger charge is -2.07. The number of nitrogens with one attached hydrogen (secondary N) is 2. The Balaban J connectivity index is 1.44. The summed E-state index contributed by atoms with van der Waals surface area (Å²) in [5.41, 5.74) is 5.16. The number of benzene rings is 2. The first kappa shape index (κ1) is 17.6. The third-order valence-corrected chi connectivity index (χ3v) is 4.93. The Hall–Kier alpha value is -2.22. The van der Waals surface area contributed by atoms with Crippen LogP contribution in [-0.4, -0.2) is 4.98 Å². The van der Waals surface area contributed by atoms with E-state index in [0.717, 1.165) is 6.54 Å². The molecule has 25 heavy (non-hydrogen) atoms. The summed E-state index contributed by atoms with van der Waals surface area (Å²) in [5.74, 6) is 0. The van der Waals surface area contributed by atoms with Gasteiger partial charge >= 0.3 is 0 Å². The van der Waals surface area contributed by atoms with Crippen molar-refractivity contribution in [2.75, 3.05) is 5.32 Å². The first-order valence-corrected chi connectivity index (χ1v) is 9.74. The Morgan fingerprint density at radius 1 is 0.840 bits per heavy atom. The molecule has 0 spiro atoms. The molecule has 0 radical (unpaired) electrons. The average Bonchev–Trinajstić information content (AvgIpc) is 3.07. The number of para-hydroxylation sites is 1. The fraction of sp³-hybridized carbons (Fsp3) is 0.391. The van der Waals surface area contributed by atoms with E-state index in [9.17, 15) is 0 Å². The fourth-order valence-electron chi connectivity index (χ4n) is 3.37. The molecule has 0 amide bonds. The topological polar surface area (TPSA) is 27.8 Å². The summed E-state index contributed by atoms with van der Waals surface area (Å²) in [6, 6.07) is 17.4. The van der Waals surface area contributed by atoms with Gasteiger partial charge in [-0.3, -0.25) is 0 Å². The monoisotopic (exact) mass is 334 g/mol. The zero-order valence-electron chi connectivity index (χ0n) is 15.4. The number of hydrogen-bond acceptors (Lipinski definition) is 1. The van der Waals surface area contributed by atoms with Gasteiger partial charge in [0.1, 0.15) is 0 Å². The Labute approximate surface area is 151 Å². The number of aryl methyl sites for hydroxylation is 1. The fourth-order valence-corrected chi connectivity index (χ4v) is 3.37. The van der Waals surface area contributed by atoms with Crippen LogP contribution in [-0.2, 0) is 13.0 Å². The summed E-state index contributed by atoms with van der Waals surface area (Å²) in [4.78, 5) is 3.33. The molecule has 2 nitrogen and oxygen atoms in total. The van der Waals surface area contributed by atoms with Gasteiger partial charge in [0.25, 0.3) is 0 Å². The third kappa shape index (κ3) is 5.12. The summed E-state index contributed by atoms with van der Waals surface area (Å²) in [6.45, 7) is 3.12. The first-order chi connectivity index (χ1) is 12.4. The van der Waals surface area contributed by atoms with Gasteiger partial charge in [-0.2, -0.15) is 0 Å². The van der Waals surface area contributed by atoms with Gasteiger partial charge in [-0.25, -0.2) is 0 Å². The number of anilines is 1. The molecular weight excluding hydrogens is 304 g/mol. The van der Waals surface area contributed by atoms with Crippen molar-refractivity contribution in [3.8, 4) is 0 Å². The van der Waals surface area contributed by atoms with Gasteiger partial charge in [0.15, 0.2) is 0 Å². The molecule has 2 aromatic carbocycles. The van der Waals surface area contributed by atoms with E-state index in [1.165, 1.54) is 72.7 Å². The molecule has 0 aliphatic heterocycles. The molecule has 0 aliphatic rings. The highest BCUT2D eigenvalue weighted by Gasteiger charge is 2.02. The number of aromatic amines is 1. The summed E-state index contributed by atoms with van der Waals surface area (Å²) in [5, 5.41) is 4.84. The molecule has 0 fully saturated rings. The van der Waals surface area contributed by atoms with E-state index in [-0.39, 0.29) is 0 Å². The van der Waals surface area contributed by atoms with Crippen LogP contribution >= 0.6 is 0 Å². The Bertz CT molecular complexity index is 755. The highest BCUT2D eigenvalue weighted by atomic mass is 14.9. The molecule has 0 unspecified atom stereocenters. The van der Waals surface area contributed by atoms with Crippen molar-refractivity contribution < 1.29 is 0 Å². The van der Waals surface area contributed by atoms with Crippen molar-refractivity contribution >= 4 is 16.6 Å². The van der Waals surface area contributed by atoms with Crippen LogP contribution in [0.4, 0.5) is 5.69 Å². The van der Waals surface area contributed by atoms with Gasteiger partial charge in [-0.1, -0.05) is 69.4 Å². The van der Waals surface area contributed by atoms with Crippen molar-refractivity contribution in [2.24, 2.45) is 0 Å². The van der Waals surface area contributed by atoms with E-state index in [1.54, 1.807) is 0 Å². The highest BCUT2D eigenvalue weighted by Crippen LogP contribution is 2.19. The lowest BCUT2D eigenvalue weighted by molar-refractivity contribution is 0.607. The maximum absolute atomic E-state index is 3.54. The maximum atomic E-state index is 3.54. The van der Waals surface area contributed by atoms with Gasteiger partial charge in [0, 0.05) is 29.3 Å². The summed E-state index contributed by atoms with van der Waals surface area (Å²) >= 11 is 0. The van der Waals surface area contributed by atoms with Crippen molar-refractivity contribution in [1.29, 1.82) is 0 Å². The Morgan fingerprint density at radius 2 is 1.60 bits per heavy atom. The van der Waals surface area contributed by atoms with Gasteiger partial charge in [-0.05, 0) is 42.2 Å². The van der Waals surface area contributed by atoms with Crippen molar-refractivity contribution in [3.05, 3.63) is 65.9 Å². The third-order valence-electron chi connectivity index (χ3n) is 4.93.